The number of hydrogen-bond acceptors (Lipinski definition) is 4. The van der Waals surface area contributed by atoms with Gasteiger partial charge in [0.2, 0.25) is 0 Å². The number of halogens is 2. The second-order valence-corrected chi connectivity index (χ2v) is 7.21. The minimum Gasteiger partial charge on any atom is -0.370 e. The van der Waals surface area contributed by atoms with E-state index in [-0.39, 0.29) is 6.54 Å². The Kier molecular flexibility index (Phi) is 3.76. The van der Waals surface area contributed by atoms with Crippen LogP contribution in [0, 0.1) is 5.41 Å². The molecular formula is C17H24F2N4. The van der Waals surface area contributed by atoms with Crippen molar-refractivity contribution in [3.05, 3.63) is 23.4 Å². The fourth-order valence-corrected chi connectivity index (χ4v) is 3.92. The Morgan fingerprint density at radius 3 is 2.87 bits per heavy atom. The van der Waals surface area contributed by atoms with E-state index < -0.39 is 11.3 Å². The maximum Gasteiger partial charge on any atom is 0.268 e. The summed E-state index contributed by atoms with van der Waals surface area (Å²) in [5.41, 5.74) is 1.48. The number of likely N-dealkylation sites (tertiary alicyclic amines) is 1. The summed E-state index contributed by atoms with van der Waals surface area (Å²) in [5.74, 6) is -1.60. The Morgan fingerprint density at radius 2 is 2.13 bits per heavy atom. The molecule has 1 spiro atoms. The third-order valence-corrected chi connectivity index (χ3v) is 5.67. The third-order valence-electron chi connectivity index (χ3n) is 5.67. The SMILES string of the molecule is FC1(F)CN(CCc2ccc3c(n2)NCCC3)CCC12CNC2. The molecule has 0 amide bonds. The average Bonchev–Trinajstić information content (AvgIpc) is 2.50. The summed E-state index contributed by atoms with van der Waals surface area (Å²) >= 11 is 0. The lowest BCUT2D eigenvalue weighted by Crippen LogP contribution is -2.69. The molecule has 4 heterocycles. The molecule has 0 radical (unpaired) electrons. The predicted octanol–water partition coefficient (Wildman–Crippen LogP) is 1.91. The van der Waals surface area contributed by atoms with Gasteiger partial charge in [0.05, 0.1) is 12.0 Å². The van der Waals surface area contributed by atoms with Crippen molar-refractivity contribution in [3.63, 3.8) is 0 Å². The molecule has 0 aromatic carbocycles. The van der Waals surface area contributed by atoms with E-state index in [1.165, 1.54) is 5.56 Å². The molecule has 4 nitrogen and oxygen atoms in total. The van der Waals surface area contributed by atoms with Crippen molar-refractivity contribution < 1.29 is 8.78 Å². The molecule has 0 atom stereocenters. The molecule has 3 aliphatic rings. The number of nitrogens with one attached hydrogen (secondary N) is 2. The van der Waals surface area contributed by atoms with Crippen molar-refractivity contribution in [2.75, 3.05) is 44.6 Å². The molecule has 0 saturated carbocycles. The number of rotatable bonds is 3. The lowest BCUT2D eigenvalue weighted by Gasteiger charge is -2.53. The summed E-state index contributed by atoms with van der Waals surface area (Å²) in [6.45, 7) is 3.21. The third kappa shape index (κ3) is 2.72. The number of aryl methyl sites for hydroxylation is 1. The van der Waals surface area contributed by atoms with Gasteiger partial charge in [0.15, 0.2) is 0 Å². The van der Waals surface area contributed by atoms with Crippen LogP contribution in [0.3, 0.4) is 0 Å². The minimum absolute atomic E-state index is 0.113. The first-order valence-corrected chi connectivity index (χ1v) is 8.62. The first-order chi connectivity index (χ1) is 11.1. The van der Waals surface area contributed by atoms with Crippen molar-refractivity contribution >= 4 is 5.82 Å². The quantitative estimate of drug-likeness (QED) is 0.892. The molecule has 2 fully saturated rings. The van der Waals surface area contributed by atoms with Gasteiger partial charge in [0.1, 0.15) is 5.82 Å². The first-order valence-electron chi connectivity index (χ1n) is 8.62. The highest BCUT2D eigenvalue weighted by molar-refractivity contribution is 5.47. The van der Waals surface area contributed by atoms with Crippen LogP contribution in [0.4, 0.5) is 14.6 Å². The predicted molar refractivity (Wildman–Crippen MR) is 86.1 cm³/mol. The summed E-state index contributed by atoms with van der Waals surface area (Å²) in [6.07, 6.45) is 3.54. The van der Waals surface area contributed by atoms with E-state index in [4.69, 9.17) is 0 Å². The van der Waals surface area contributed by atoms with Gasteiger partial charge in [-0.2, -0.15) is 0 Å². The molecule has 2 N–H and O–H groups in total. The van der Waals surface area contributed by atoms with Crippen LogP contribution < -0.4 is 10.6 Å². The van der Waals surface area contributed by atoms with Crippen LogP contribution in [-0.4, -0.2) is 55.1 Å². The normalized spacial score (nSPS) is 25.5. The smallest absolute Gasteiger partial charge is 0.268 e. The summed E-state index contributed by atoms with van der Waals surface area (Å²) in [5, 5.41) is 6.34. The van der Waals surface area contributed by atoms with Crippen LogP contribution in [0.15, 0.2) is 12.1 Å². The molecule has 0 aliphatic carbocycles. The van der Waals surface area contributed by atoms with Gasteiger partial charge in [-0.05, 0) is 37.4 Å². The van der Waals surface area contributed by atoms with E-state index in [0.717, 1.165) is 43.9 Å². The summed E-state index contributed by atoms with van der Waals surface area (Å²) in [6, 6.07) is 4.18. The fraction of sp³-hybridized carbons (Fsp3) is 0.706. The van der Waals surface area contributed by atoms with Crippen LogP contribution in [-0.2, 0) is 12.8 Å². The lowest BCUT2D eigenvalue weighted by molar-refractivity contribution is -0.188. The van der Waals surface area contributed by atoms with Gasteiger partial charge >= 0.3 is 0 Å². The van der Waals surface area contributed by atoms with Crippen molar-refractivity contribution in [1.82, 2.24) is 15.2 Å². The number of piperidine rings is 1. The van der Waals surface area contributed by atoms with Gasteiger partial charge in [-0.15, -0.1) is 0 Å². The first kappa shape index (κ1) is 15.3. The molecule has 23 heavy (non-hydrogen) atoms. The molecule has 0 unspecified atom stereocenters. The van der Waals surface area contributed by atoms with E-state index in [1.54, 1.807) is 0 Å². The van der Waals surface area contributed by atoms with Gasteiger partial charge in [-0.25, -0.2) is 13.8 Å². The van der Waals surface area contributed by atoms with Gasteiger partial charge in [0.25, 0.3) is 5.92 Å². The number of alkyl halides is 2. The Morgan fingerprint density at radius 1 is 1.26 bits per heavy atom. The molecule has 4 rings (SSSR count). The summed E-state index contributed by atoms with van der Waals surface area (Å²) in [4.78, 5) is 6.56. The largest absolute Gasteiger partial charge is 0.370 e. The van der Waals surface area contributed by atoms with E-state index in [0.29, 0.717) is 26.1 Å². The molecule has 2 saturated heterocycles. The molecule has 126 valence electrons. The monoisotopic (exact) mass is 322 g/mol. The number of pyridine rings is 1. The number of anilines is 1. The molecule has 0 bridgehead atoms. The van der Waals surface area contributed by atoms with Crippen LogP contribution >= 0.6 is 0 Å². The average molecular weight is 322 g/mol. The molecular weight excluding hydrogens is 298 g/mol. The molecule has 3 aliphatic heterocycles. The fourth-order valence-electron chi connectivity index (χ4n) is 3.92. The molecule has 1 aromatic rings. The zero-order chi connectivity index (χ0) is 15.9. The molecule has 1 aromatic heterocycles. The zero-order valence-corrected chi connectivity index (χ0v) is 13.4. The topological polar surface area (TPSA) is 40.2 Å². The van der Waals surface area contributed by atoms with Gasteiger partial charge in [-0.1, -0.05) is 6.07 Å². The van der Waals surface area contributed by atoms with Crippen molar-refractivity contribution in [3.8, 4) is 0 Å². The second-order valence-electron chi connectivity index (χ2n) is 7.21. The number of aromatic nitrogens is 1. The van der Waals surface area contributed by atoms with Gasteiger partial charge < -0.3 is 10.6 Å². The standard InChI is InChI=1S/C17H24F2N4/c18-17(19)12-23(9-6-16(17)10-20-11-16)8-5-14-4-3-13-2-1-7-21-15(13)22-14/h3-4,20H,1-2,5-12H2,(H,21,22). The van der Waals surface area contributed by atoms with Crippen LogP contribution in [0.5, 0.6) is 0 Å². The van der Waals surface area contributed by atoms with Gasteiger partial charge in [0, 0.05) is 38.3 Å². The van der Waals surface area contributed by atoms with E-state index in [2.05, 4.69) is 21.7 Å². The van der Waals surface area contributed by atoms with Crippen LogP contribution in [0.1, 0.15) is 24.1 Å². The van der Waals surface area contributed by atoms with E-state index >= 15 is 0 Å². The Labute approximate surface area is 135 Å². The molecule has 6 heteroatoms. The van der Waals surface area contributed by atoms with Crippen molar-refractivity contribution in [1.29, 1.82) is 0 Å². The zero-order valence-electron chi connectivity index (χ0n) is 13.4. The number of hydrogen-bond donors (Lipinski definition) is 2. The van der Waals surface area contributed by atoms with Gasteiger partial charge in [-0.3, -0.25) is 4.90 Å². The number of fused-ring (bicyclic) bond motifs is 1. The lowest BCUT2D eigenvalue weighted by atomic mass is 9.70. The summed E-state index contributed by atoms with van der Waals surface area (Å²) < 4.78 is 28.8. The van der Waals surface area contributed by atoms with Crippen molar-refractivity contribution in [2.24, 2.45) is 5.41 Å². The maximum absolute atomic E-state index is 14.4. The van der Waals surface area contributed by atoms with E-state index in [1.807, 2.05) is 11.0 Å². The maximum atomic E-state index is 14.4. The Bertz CT molecular complexity index is 586. The highest BCUT2D eigenvalue weighted by Gasteiger charge is 2.59. The summed E-state index contributed by atoms with van der Waals surface area (Å²) in [7, 11) is 0. The van der Waals surface area contributed by atoms with Crippen LogP contribution in [0.2, 0.25) is 0 Å². The minimum atomic E-state index is -2.58. The second kappa shape index (κ2) is 5.67. The number of nitrogens with zero attached hydrogens (tertiary/aromatic N) is 2. The Balaban J connectivity index is 1.36. The Hall–Kier alpha value is -1.27. The van der Waals surface area contributed by atoms with Crippen molar-refractivity contribution in [2.45, 2.75) is 31.6 Å². The highest BCUT2D eigenvalue weighted by Crippen LogP contribution is 2.46. The highest BCUT2D eigenvalue weighted by atomic mass is 19.3. The van der Waals surface area contributed by atoms with E-state index in [9.17, 15) is 8.78 Å². The van der Waals surface area contributed by atoms with Crippen LogP contribution in [0.25, 0.3) is 0 Å².